The van der Waals surface area contributed by atoms with E-state index in [-0.39, 0.29) is 6.42 Å². The number of carboxylic acid groups (broad SMARTS) is 1. The van der Waals surface area contributed by atoms with Gasteiger partial charge in [0.1, 0.15) is 17.3 Å². The van der Waals surface area contributed by atoms with Gasteiger partial charge in [0.2, 0.25) is 11.5 Å². The highest BCUT2D eigenvalue weighted by molar-refractivity contribution is 7.13. The molecule has 5 aromatic rings. The Morgan fingerprint density at radius 1 is 0.952 bits per heavy atom. The van der Waals surface area contributed by atoms with Crippen LogP contribution in [0, 0.1) is 6.92 Å². The molecule has 3 aromatic carbocycles. The number of hydrogen-bond acceptors (Lipinski definition) is 6. The highest BCUT2D eigenvalue weighted by Gasteiger charge is 2.40. The molecule has 0 bridgehead atoms. The number of aryl methyl sites for hydroxylation is 1. The van der Waals surface area contributed by atoms with E-state index in [4.69, 9.17) is 18.9 Å². The van der Waals surface area contributed by atoms with Gasteiger partial charge in [0.15, 0.2) is 0 Å². The monoisotopic (exact) mass is 581 g/mol. The van der Waals surface area contributed by atoms with Crippen molar-refractivity contribution in [2.24, 2.45) is 0 Å². The predicted octanol–water partition coefficient (Wildman–Crippen LogP) is 8.64. The minimum Gasteiger partial charge on any atom is -0.493 e. The Morgan fingerprint density at radius 3 is 2.45 bits per heavy atom. The van der Waals surface area contributed by atoms with Gasteiger partial charge < -0.3 is 19.0 Å². The van der Waals surface area contributed by atoms with Crippen molar-refractivity contribution < 1.29 is 23.8 Å². The highest BCUT2D eigenvalue weighted by atomic mass is 32.1. The Morgan fingerprint density at radius 2 is 1.74 bits per heavy atom. The van der Waals surface area contributed by atoms with E-state index in [2.05, 4.69) is 23.6 Å². The maximum Gasteiger partial charge on any atom is 0.348 e. The number of carboxylic acids is 1. The fourth-order valence-electron chi connectivity index (χ4n) is 4.91. The Hall–Kier alpha value is -4.36. The number of ether oxygens (including phenoxy) is 2. The summed E-state index contributed by atoms with van der Waals surface area (Å²) in [6.45, 7) is 4.41. The van der Waals surface area contributed by atoms with Crippen molar-refractivity contribution in [3.8, 4) is 33.4 Å². The van der Waals surface area contributed by atoms with Crippen LogP contribution in [0.1, 0.15) is 43.2 Å². The summed E-state index contributed by atoms with van der Waals surface area (Å²) >= 11 is 1.70. The third kappa shape index (κ3) is 7.09. The van der Waals surface area contributed by atoms with E-state index in [0.29, 0.717) is 36.8 Å². The summed E-state index contributed by atoms with van der Waals surface area (Å²) < 4.78 is 18.2. The van der Waals surface area contributed by atoms with E-state index in [1.165, 1.54) is 4.88 Å². The molecule has 1 atom stereocenters. The second-order valence-electron chi connectivity index (χ2n) is 10.3. The third-order valence-electron chi connectivity index (χ3n) is 7.21. The molecule has 0 saturated carbocycles. The largest absolute Gasteiger partial charge is 0.493 e. The average Bonchev–Trinajstić information content (AvgIpc) is 3.68. The summed E-state index contributed by atoms with van der Waals surface area (Å²) in [7, 11) is 0. The van der Waals surface area contributed by atoms with E-state index in [9.17, 15) is 9.90 Å². The molecular formula is C35H35NO5S. The number of unbranched alkanes of at least 4 members (excludes halogenated alkanes) is 1. The van der Waals surface area contributed by atoms with Gasteiger partial charge in [-0.3, -0.25) is 0 Å². The maximum absolute atomic E-state index is 12.5. The van der Waals surface area contributed by atoms with Crippen molar-refractivity contribution in [1.29, 1.82) is 0 Å². The Kier molecular flexibility index (Phi) is 9.39. The van der Waals surface area contributed by atoms with Crippen LogP contribution in [0.5, 0.6) is 11.5 Å². The van der Waals surface area contributed by atoms with Crippen molar-refractivity contribution in [2.75, 3.05) is 6.61 Å². The van der Waals surface area contributed by atoms with E-state index in [1.807, 2.05) is 74.5 Å². The lowest BCUT2D eigenvalue weighted by Gasteiger charge is -2.31. The van der Waals surface area contributed by atoms with Crippen LogP contribution in [-0.2, 0) is 17.6 Å². The normalized spacial score (nSPS) is 12.5. The molecule has 216 valence electrons. The number of rotatable bonds is 14. The van der Waals surface area contributed by atoms with E-state index in [0.717, 1.165) is 41.0 Å². The van der Waals surface area contributed by atoms with Gasteiger partial charge in [-0.25, -0.2) is 9.78 Å². The van der Waals surface area contributed by atoms with Crippen molar-refractivity contribution in [1.82, 2.24) is 4.98 Å². The Balaban J connectivity index is 1.21. The number of aromatic nitrogens is 1. The lowest BCUT2D eigenvalue weighted by molar-refractivity contribution is -0.156. The highest BCUT2D eigenvalue weighted by Crippen LogP contribution is 2.31. The summed E-state index contributed by atoms with van der Waals surface area (Å²) in [5, 5.41) is 12.3. The van der Waals surface area contributed by atoms with E-state index >= 15 is 0 Å². The van der Waals surface area contributed by atoms with E-state index in [1.54, 1.807) is 23.5 Å². The number of oxazole rings is 1. The standard InChI is InChI=1S/C35H35NO5S/c1-3-4-20-35(34(37)38,41-30-12-6-5-7-13-30)24-26-15-17-29(18-16-26)39-21-19-31-25(2)40-33(36-31)28-11-8-10-27(23-28)32-14-9-22-42-32/h5-18,22-23H,3-4,19-21,24H2,1-2H3,(H,37,38). The lowest BCUT2D eigenvalue weighted by atomic mass is 9.89. The molecule has 0 saturated heterocycles. The van der Waals surface area contributed by atoms with Crippen LogP contribution in [0.15, 0.2) is 101 Å². The average molecular weight is 582 g/mol. The molecule has 0 radical (unpaired) electrons. The SMILES string of the molecule is CCCCC(Cc1ccc(OCCc2nc(-c3cccc(-c4cccs4)c3)oc2C)cc1)(Oc1ccccc1)C(=O)O. The van der Waals surface area contributed by atoms with Crippen LogP contribution in [0.3, 0.4) is 0 Å². The molecule has 0 fully saturated rings. The summed E-state index contributed by atoms with van der Waals surface area (Å²) in [6.07, 6.45) is 2.92. The van der Waals surface area contributed by atoms with Crippen molar-refractivity contribution in [3.05, 3.63) is 113 Å². The zero-order valence-electron chi connectivity index (χ0n) is 23.9. The number of hydrogen-bond donors (Lipinski definition) is 1. The maximum atomic E-state index is 12.5. The van der Waals surface area contributed by atoms with Gasteiger partial charge in [-0.05, 0) is 78.7 Å². The molecule has 0 aliphatic heterocycles. The van der Waals surface area contributed by atoms with Crippen LogP contribution < -0.4 is 9.47 Å². The zero-order valence-corrected chi connectivity index (χ0v) is 24.7. The molecule has 6 nitrogen and oxygen atoms in total. The van der Waals surface area contributed by atoms with Crippen LogP contribution in [-0.4, -0.2) is 28.3 Å². The lowest BCUT2D eigenvalue weighted by Crippen LogP contribution is -2.46. The molecule has 2 aromatic heterocycles. The van der Waals surface area contributed by atoms with Crippen LogP contribution >= 0.6 is 11.3 Å². The quantitative estimate of drug-likeness (QED) is 0.141. The van der Waals surface area contributed by atoms with Gasteiger partial charge in [-0.2, -0.15) is 0 Å². The van der Waals surface area contributed by atoms with Crippen LogP contribution in [0.2, 0.25) is 0 Å². The summed E-state index contributed by atoms with van der Waals surface area (Å²) in [6, 6.07) is 29.1. The zero-order chi connectivity index (χ0) is 29.4. The van der Waals surface area contributed by atoms with Gasteiger partial charge in [-0.15, -0.1) is 11.3 Å². The van der Waals surface area contributed by atoms with Crippen LogP contribution in [0.4, 0.5) is 0 Å². The first-order valence-corrected chi connectivity index (χ1v) is 15.1. The number of aliphatic carboxylic acids is 1. The van der Waals surface area contributed by atoms with Gasteiger partial charge in [0, 0.05) is 23.3 Å². The van der Waals surface area contributed by atoms with Crippen molar-refractivity contribution in [2.45, 2.75) is 51.6 Å². The Bertz CT molecular complexity index is 1580. The van der Waals surface area contributed by atoms with E-state index < -0.39 is 11.6 Å². The molecule has 5 rings (SSSR count). The summed E-state index contributed by atoms with van der Waals surface area (Å²) in [5.41, 5.74) is 2.48. The molecular weight excluding hydrogens is 546 g/mol. The Labute approximate surface area is 250 Å². The molecule has 0 amide bonds. The van der Waals surface area contributed by atoms with Gasteiger partial charge in [0.25, 0.3) is 0 Å². The second-order valence-corrected chi connectivity index (χ2v) is 11.3. The van der Waals surface area contributed by atoms with Crippen LogP contribution in [0.25, 0.3) is 21.9 Å². The fourth-order valence-corrected chi connectivity index (χ4v) is 5.63. The number of carbonyl (C=O) groups is 1. The second kappa shape index (κ2) is 13.5. The molecule has 0 aliphatic rings. The molecule has 2 heterocycles. The molecule has 7 heteroatoms. The summed E-state index contributed by atoms with van der Waals surface area (Å²) in [5.74, 6) is 1.69. The minimum atomic E-state index is -1.34. The molecule has 0 aliphatic carbocycles. The molecule has 42 heavy (non-hydrogen) atoms. The first-order chi connectivity index (χ1) is 20.5. The number of nitrogens with zero attached hydrogens (tertiary/aromatic N) is 1. The predicted molar refractivity (Wildman–Crippen MR) is 166 cm³/mol. The number of para-hydroxylation sites is 1. The topological polar surface area (TPSA) is 81.8 Å². The number of benzene rings is 3. The summed E-state index contributed by atoms with van der Waals surface area (Å²) in [4.78, 5) is 18.5. The van der Waals surface area contributed by atoms with Crippen molar-refractivity contribution >= 4 is 17.3 Å². The minimum absolute atomic E-state index is 0.256. The first-order valence-electron chi connectivity index (χ1n) is 14.3. The van der Waals surface area contributed by atoms with Gasteiger partial charge in [0.05, 0.1) is 12.3 Å². The third-order valence-corrected chi connectivity index (χ3v) is 8.13. The van der Waals surface area contributed by atoms with Crippen molar-refractivity contribution in [3.63, 3.8) is 0 Å². The molecule has 0 spiro atoms. The van der Waals surface area contributed by atoms with Gasteiger partial charge >= 0.3 is 5.97 Å². The number of thiophene rings is 1. The first kappa shape index (κ1) is 29.1. The fraction of sp³-hybridized carbons (Fsp3) is 0.257. The smallest absolute Gasteiger partial charge is 0.348 e. The molecule has 1 N–H and O–H groups in total. The van der Waals surface area contributed by atoms with Gasteiger partial charge in [-0.1, -0.05) is 61.9 Å². The molecule has 1 unspecified atom stereocenters.